The van der Waals surface area contributed by atoms with Crippen molar-refractivity contribution < 1.29 is 9.53 Å². The second kappa shape index (κ2) is 5.32. The van der Waals surface area contributed by atoms with Crippen LogP contribution in [0.4, 0.5) is 0 Å². The topological polar surface area (TPSA) is 69.0 Å². The van der Waals surface area contributed by atoms with E-state index in [9.17, 15) is 4.79 Å². The number of rotatable bonds is 3. The van der Waals surface area contributed by atoms with E-state index >= 15 is 0 Å². The van der Waals surface area contributed by atoms with Gasteiger partial charge in [-0.25, -0.2) is 4.68 Å². The fourth-order valence-corrected chi connectivity index (χ4v) is 2.23. The second-order valence-electron chi connectivity index (χ2n) is 4.71. The van der Waals surface area contributed by atoms with E-state index in [1.165, 1.54) is 0 Å². The molecule has 0 saturated carbocycles. The first-order valence-corrected chi connectivity index (χ1v) is 6.64. The van der Waals surface area contributed by atoms with Crippen LogP contribution in [0.1, 0.15) is 28.2 Å². The van der Waals surface area contributed by atoms with E-state index in [1.54, 1.807) is 10.9 Å². The molecular weight excluding hydrogens is 256 g/mol. The van der Waals surface area contributed by atoms with Gasteiger partial charge in [0, 0.05) is 24.7 Å². The molecule has 0 radical (unpaired) electrons. The molecule has 6 heteroatoms. The number of nitrogens with one attached hydrogen (secondary N) is 1. The SMILES string of the molecule is Cc1c(C(=O)NCc2ccccn2)nn2c1OCCC2. The second-order valence-corrected chi connectivity index (χ2v) is 4.71. The Kier molecular flexibility index (Phi) is 3.37. The van der Waals surface area contributed by atoms with Crippen LogP contribution in [0, 0.1) is 6.92 Å². The summed E-state index contributed by atoms with van der Waals surface area (Å²) in [6, 6.07) is 5.60. The lowest BCUT2D eigenvalue weighted by atomic mass is 10.2. The number of carbonyl (C=O) groups excluding carboxylic acids is 1. The number of amides is 1. The van der Waals surface area contributed by atoms with Crippen molar-refractivity contribution >= 4 is 5.91 Å². The van der Waals surface area contributed by atoms with Gasteiger partial charge < -0.3 is 10.1 Å². The van der Waals surface area contributed by atoms with Gasteiger partial charge in [-0.1, -0.05) is 6.07 Å². The van der Waals surface area contributed by atoms with E-state index in [0.29, 0.717) is 24.7 Å². The Morgan fingerprint density at radius 3 is 3.15 bits per heavy atom. The number of aromatic nitrogens is 3. The van der Waals surface area contributed by atoms with Gasteiger partial charge in [-0.3, -0.25) is 9.78 Å². The molecule has 1 aliphatic heterocycles. The maximum atomic E-state index is 12.2. The van der Waals surface area contributed by atoms with Crippen molar-refractivity contribution in [2.45, 2.75) is 26.4 Å². The van der Waals surface area contributed by atoms with Gasteiger partial charge in [0.2, 0.25) is 5.88 Å². The van der Waals surface area contributed by atoms with Crippen LogP contribution in [0.15, 0.2) is 24.4 Å². The largest absolute Gasteiger partial charge is 0.478 e. The van der Waals surface area contributed by atoms with E-state index in [1.807, 2.05) is 25.1 Å². The highest BCUT2D eigenvalue weighted by Gasteiger charge is 2.22. The van der Waals surface area contributed by atoms with Crippen LogP contribution in [0.25, 0.3) is 0 Å². The highest BCUT2D eigenvalue weighted by molar-refractivity contribution is 5.94. The third-order valence-electron chi connectivity index (χ3n) is 3.26. The van der Waals surface area contributed by atoms with Gasteiger partial charge in [-0.05, 0) is 19.1 Å². The van der Waals surface area contributed by atoms with Crippen LogP contribution in [-0.2, 0) is 13.1 Å². The predicted octanol–water partition coefficient (Wildman–Crippen LogP) is 1.30. The zero-order valence-electron chi connectivity index (χ0n) is 11.3. The molecule has 1 amide bonds. The molecule has 1 N–H and O–H groups in total. The maximum Gasteiger partial charge on any atom is 0.272 e. The number of aryl methyl sites for hydroxylation is 1. The summed E-state index contributed by atoms with van der Waals surface area (Å²) >= 11 is 0. The van der Waals surface area contributed by atoms with Gasteiger partial charge >= 0.3 is 0 Å². The first-order valence-electron chi connectivity index (χ1n) is 6.64. The number of carbonyl (C=O) groups is 1. The summed E-state index contributed by atoms with van der Waals surface area (Å²) in [7, 11) is 0. The van der Waals surface area contributed by atoms with Gasteiger partial charge in [-0.15, -0.1) is 0 Å². The van der Waals surface area contributed by atoms with Gasteiger partial charge in [0.25, 0.3) is 5.91 Å². The fraction of sp³-hybridized carbons (Fsp3) is 0.357. The van der Waals surface area contributed by atoms with Gasteiger partial charge in [0.05, 0.1) is 18.8 Å². The molecule has 20 heavy (non-hydrogen) atoms. The van der Waals surface area contributed by atoms with E-state index in [-0.39, 0.29) is 5.91 Å². The smallest absolute Gasteiger partial charge is 0.272 e. The summed E-state index contributed by atoms with van der Waals surface area (Å²) in [6.07, 6.45) is 2.62. The van der Waals surface area contributed by atoms with E-state index in [0.717, 1.165) is 24.2 Å². The van der Waals surface area contributed by atoms with Gasteiger partial charge in [0.15, 0.2) is 5.69 Å². The maximum absolute atomic E-state index is 12.2. The molecule has 3 rings (SSSR count). The van der Waals surface area contributed by atoms with Crippen molar-refractivity contribution in [2.75, 3.05) is 6.61 Å². The molecule has 0 saturated heterocycles. The van der Waals surface area contributed by atoms with Crippen LogP contribution in [-0.4, -0.2) is 27.3 Å². The third-order valence-corrected chi connectivity index (χ3v) is 3.26. The first kappa shape index (κ1) is 12.7. The molecule has 0 aliphatic carbocycles. The highest BCUT2D eigenvalue weighted by Crippen LogP contribution is 2.24. The summed E-state index contributed by atoms with van der Waals surface area (Å²) in [5.41, 5.74) is 2.04. The van der Waals surface area contributed by atoms with Crippen molar-refractivity contribution in [3.05, 3.63) is 41.3 Å². The number of fused-ring (bicyclic) bond motifs is 1. The Hall–Kier alpha value is -2.37. The summed E-state index contributed by atoms with van der Waals surface area (Å²) in [5.74, 6) is 0.512. The normalized spacial score (nSPS) is 13.4. The lowest BCUT2D eigenvalue weighted by Gasteiger charge is -2.14. The van der Waals surface area contributed by atoms with Crippen LogP contribution < -0.4 is 10.1 Å². The lowest BCUT2D eigenvalue weighted by molar-refractivity contribution is 0.0944. The molecule has 0 aromatic carbocycles. The zero-order chi connectivity index (χ0) is 13.9. The molecule has 2 aromatic rings. The predicted molar refractivity (Wildman–Crippen MR) is 72.5 cm³/mol. The quantitative estimate of drug-likeness (QED) is 0.914. The van der Waals surface area contributed by atoms with E-state index in [2.05, 4.69) is 15.4 Å². The number of pyridine rings is 1. The molecule has 104 valence electrons. The molecule has 0 bridgehead atoms. The Morgan fingerprint density at radius 1 is 1.50 bits per heavy atom. The van der Waals surface area contributed by atoms with Crippen molar-refractivity contribution in [2.24, 2.45) is 0 Å². The van der Waals surface area contributed by atoms with Gasteiger partial charge in [0.1, 0.15) is 0 Å². The lowest BCUT2D eigenvalue weighted by Crippen LogP contribution is -2.24. The highest BCUT2D eigenvalue weighted by atomic mass is 16.5. The summed E-state index contributed by atoms with van der Waals surface area (Å²) in [6.45, 7) is 3.73. The number of hydrogen-bond acceptors (Lipinski definition) is 4. The van der Waals surface area contributed by atoms with Crippen molar-refractivity contribution in [3.8, 4) is 5.88 Å². The average molecular weight is 272 g/mol. The third kappa shape index (κ3) is 2.36. The molecule has 0 spiro atoms. The molecule has 0 unspecified atom stereocenters. The minimum atomic E-state index is -0.196. The molecule has 6 nitrogen and oxygen atoms in total. The Bertz CT molecular complexity index is 622. The first-order chi connectivity index (χ1) is 9.75. The van der Waals surface area contributed by atoms with Crippen LogP contribution >= 0.6 is 0 Å². The zero-order valence-corrected chi connectivity index (χ0v) is 11.3. The Labute approximate surface area is 116 Å². The number of ether oxygens (including phenoxy) is 1. The van der Waals surface area contributed by atoms with Crippen molar-refractivity contribution in [3.63, 3.8) is 0 Å². The summed E-state index contributed by atoms with van der Waals surface area (Å²) < 4.78 is 7.31. The fourth-order valence-electron chi connectivity index (χ4n) is 2.23. The van der Waals surface area contributed by atoms with Crippen LogP contribution in [0.3, 0.4) is 0 Å². The molecular formula is C14H16N4O2. The minimum Gasteiger partial charge on any atom is -0.478 e. The summed E-state index contributed by atoms with van der Waals surface area (Å²) in [4.78, 5) is 16.4. The molecule has 1 aliphatic rings. The van der Waals surface area contributed by atoms with Crippen LogP contribution in [0.5, 0.6) is 5.88 Å². The van der Waals surface area contributed by atoms with Crippen molar-refractivity contribution in [1.82, 2.24) is 20.1 Å². The summed E-state index contributed by atoms with van der Waals surface area (Å²) in [5, 5.41) is 7.15. The minimum absolute atomic E-state index is 0.196. The Morgan fingerprint density at radius 2 is 2.40 bits per heavy atom. The Balaban J connectivity index is 1.73. The average Bonchev–Trinajstić information content (AvgIpc) is 2.84. The van der Waals surface area contributed by atoms with Crippen LogP contribution in [0.2, 0.25) is 0 Å². The monoisotopic (exact) mass is 272 g/mol. The molecule has 0 fully saturated rings. The van der Waals surface area contributed by atoms with Crippen molar-refractivity contribution in [1.29, 1.82) is 0 Å². The number of hydrogen-bond donors (Lipinski definition) is 1. The molecule has 3 heterocycles. The standard InChI is InChI=1S/C14H16N4O2/c1-10-12(17-18-7-4-8-20-14(10)18)13(19)16-9-11-5-2-3-6-15-11/h2-3,5-6H,4,7-9H2,1H3,(H,16,19). The van der Waals surface area contributed by atoms with E-state index < -0.39 is 0 Å². The van der Waals surface area contributed by atoms with Gasteiger partial charge in [-0.2, -0.15) is 5.10 Å². The molecule has 2 aromatic heterocycles. The molecule has 0 atom stereocenters. The number of nitrogens with zero attached hydrogens (tertiary/aromatic N) is 3. The van der Waals surface area contributed by atoms with E-state index in [4.69, 9.17) is 4.74 Å².